The molecule has 1 atom stereocenters. The number of hydrogen-bond acceptors (Lipinski definition) is 4. The Morgan fingerprint density at radius 2 is 2.42 bits per heavy atom. The van der Waals surface area contributed by atoms with Gasteiger partial charge in [0.05, 0.1) is 18.6 Å². The average Bonchev–Trinajstić information content (AvgIpc) is 3.00. The van der Waals surface area contributed by atoms with E-state index in [0.29, 0.717) is 19.7 Å². The Morgan fingerprint density at radius 1 is 1.63 bits per heavy atom. The number of carbonyl (C=O) groups excluding carboxylic acids is 1. The molecule has 0 aromatic carbocycles. The number of ether oxygens (including phenoxy) is 1. The molecule has 106 valence electrons. The molecule has 1 unspecified atom stereocenters. The van der Waals surface area contributed by atoms with Crippen molar-refractivity contribution in [3.8, 4) is 0 Å². The second-order valence-corrected chi connectivity index (χ2v) is 6.33. The van der Waals surface area contributed by atoms with Crippen molar-refractivity contribution in [3.63, 3.8) is 0 Å². The summed E-state index contributed by atoms with van der Waals surface area (Å²) in [5.41, 5.74) is 0.879. The molecule has 19 heavy (non-hydrogen) atoms. The fourth-order valence-electron chi connectivity index (χ4n) is 2.65. The lowest BCUT2D eigenvalue weighted by molar-refractivity contribution is -0.143. The van der Waals surface area contributed by atoms with Crippen LogP contribution in [0.15, 0.2) is 11.4 Å². The van der Waals surface area contributed by atoms with E-state index in [2.05, 4.69) is 23.7 Å². The summed E-state index contributed by atoms with van der Waals surface area (Å²) >= 11 is 1.71. The van der Waals surface area contributed by atoms with Gasteiger partial charge in [0.1, 0.15) is 0 Å². The van der Waals surface area contributed by atoms with Crippen LogP contribution in [0.3, 0.4) is 0 Å². The van der Waals surface area contributed by atoms with Gasteiger partial charge in [-0.3, -0.25) is 4.79 Å². The van der Waals surface area contributed by atoms with Crippen LogP contribution in [0.1, 0.15) is 16.9 Å². The summed E-state index contributed by atoms with van der Waals surface area (Å²) < 4.78 is 5.27. The summed E-state index contributed by atoms with van der Waals surface area (Å²) in [6.45, 7) is 4.88. The zero-order chi connectivity index (χ0) is 13.9. The maximum absolute atomic E-state index is 12.7. The van der Waals surface area contributed by atoms with E-state index in [1.807, 2.05) is 11.9 Å². The summed E-state index contributed by atoms with van der Waals surface area (Å²) in [7, 11) is 3.55. The zero-order valence-electron chi connectivity index (χ0n) is 11.9. The Balaban J connectivity index is 2.07. The van der Waals surface area contributed by atoms with Crippen molar-refractivity contribution in [1.29, 1.82) is 0 Å². The first-order valence-electron chi connectivity index (χ1n) is 6.57. The van der Waals surface area contributed by atoms with Crippen molar-refractivity contribution in [2.75, 3.05) is 33.9 Å². The number of nitrogens with zero attached hydrogens (tertiary/aromatic N) is 1. The maximum Gasteiger partial charge on any atom is 0.232 e. The van der Waals surface area contributed by atoms with Crippen molar-refractivity contribution >= 4 is 17.2 Å². The molecular formula is C14H22N2O2S. The number of rotatable bonds is 5. The van der Waals surface area contributed by atoms with Crippen molar-refractivity contribution in [1.82, 2.24) is 10.2 Å². The zero-order valence-corrected chi connectivity index (χ0v) is 12.7. The quantitative estimate of drug-likeness (QED) is 0.892. The van der Waals surface area contributed by atoms with Crippen molar-refractivity contribution in [2.24, 2.45) is 5.41 Å². The largest absolute Gasteiger partial charge is 0.384 e. The van der Waals surface area contributed by atoms with Gasteiger partial charge in [-0.15, -0.1) is 11.3 Å². The van der Waals surface area contributed by atoms with E-state index in [1.165, 1.54) is 10.4 Å². The van der Waals surface area contributed by atoms with Crippen LogP contribution < -0.4 is 5.32 Å². The molecule has 1 aromatic rings. The van der Waals surface area contributed by atoms with Crippen LogP contribution in [0.5, 0.6) is 0 Å². The van der Waals surface area contributed by atoms with Crippen molar-refractivity contribution in [3.05, 3.63) is 21.9 Å². The fourth-order valence-corrected chi connectivity index (χ4v) is 3.60. The van der Waals surface area contributed by atoms with E-state index in [9.17, 15) is 4.79 Å². The minimum Gasteiger partial charge on any atom is -0.384 e. The molecule has 4 nitrogen and oxygen atoms in total. The molecule has 5 heteroatoms. The van der Waals surface area contributed by atoms with Gasteiger partial charge in [0, 0.05) is 25.6 Å². The molecule has 0 aliphatic carbocycles. The molecule has 0 radical (unpaired) electrons. The van der Waals surface area contributed by atoms with Gasteiger partial charge in [-0.25, -0.2) is 0 Å². The van der Waals surface area contributed by atoms with Crippen molar-refractivity contribution < 1.29 is 9.53 Å². The minimum atomic E-state index is -0.380. The molecule has 2 rings (SSSR count). The summed E-state index contributed by atoms with van der Waals surface area (Å²) in [4.78, 5) is 15.8. The van der Waals surface area contributed by atoms with Crippen LogP contribution in [0.25, 0.3) is 0 Å². The van der Waals surface area contributed by atoms with E-state index >= 15 is 0 Å². The van der Waals surface area contributed by atoms with Gasteiger partial charge < -0.3 is 15.0 Å². The molecule has 1 aliphatic heterocycles. The van der Waals surface area contributed by atoms with Gasteiger partial charge in [0.15, 0.2) is 0 Å². The monoisotopic (exact) mass is 282 g/mol. The highest BCUT2D eigenvalue weighted by molar-refractivity contribution is 7.10. The number of hydrogen-bond donors (Lipinski definition) is 1. The number of nitrogens with one attached hydrogen (secondary N) is 1. The number of thiophene rings is 1. The third kappa shape index (κ3) is 2.99. The molecule has 1 saturated heterocycles. The van der Waals surface area contributed by atoms with Crippen LogP contribution >= 0.6 is 11.3 Å². The van der Waals surface area contributed by atoms with Gasteiger partial charge in [0.25, 0.3) is 0 Å². The summed E-state index contributed by atoms with van der Waals surface area (Å²) in [6, 6.07) is 2.10. The molecule has 1 fully saturated rings. The van der Waals surface area contributed by atoms with E-state index in [4.69, 9.17) is 4.74 Å². The number of amides is 1. The van der Waals surface area contributed by atoms with Gasteiger partial charge in [-0.05, 0) is 36.9 Å². The Bertz CT molecular complexity index is 438. The Morgan fingerprint density at radius 3 is 2.95 bits per heavy atom. The van der Waals surface area contributed by atoms with E-state index in [-0.39, 0.29) is 11.3 Å². The predicted octanol–water partition coefficient (Wildman–Crippen LogP) is 1.64. The first-order valence-corrected chi connectivity index (χ1v) is 7.45. The van der Waals surface area contributed by atoms with Crippen LogP contribution in [0.4, 0.5) is 0 Å². The maximum atomic E-state index is 12.7. The smallest absolute Gasteiger partial charge is 0.232 e. The highest BCUT2D eigenvalue weighted by atomic mass is 32.1. The first kappa shape index (κ1) is 14.5. The summed E-state index contributed by atoms with van der Waals surface area (Å²) in [5.74, 6) is 0.187. The Labute approximate surface area is 118 Å². The van der Waals surface area contributed by atoms with E-state index in [1.54, 1.807) is 18.4 Å². The van der Waals surface area contributed by atoms with Gasteiger partial charge >= 0.3 is 0 Å². The highest BCUT2D eigenvalue weighted by Gasteiger charge is 2.43. The number of methoxy groups -OCH3 is 1. The average molecular weight is 282 g/mol. The SMILES string of the molecule is COCC1(C(=O)N(C)Cc2sccc2C)CCNC1. The van der Waals surface area contributed by atoms with Crippen LogP contribution in [-0.4, -0.2) is 44.7 Å². The molecular weight excluding hydrogens is 260 g/mol. The standard InChI is InChI=1S/C14H22N2O2S/c1-11-4-7-19-12(11)8-16(2)13(17)14(10-18-3)5-6-15-9-14/h4,7,15H,5-6,8-10H2,1-3H3. The molecule has 1 N–H and O–H groups in total. The molecule has 2 heterocycles. The Hall–Kier alpha value is -0.910. The lowest BCUT2D eigenvalue weighted by atomic mass is 9.86. The normalized spacial score (nSPS) is 22.7. The van der Waals surface area contributed by atoms with Crippen LogP contribution in [-0.2, 0) is 16.1 Å². The topological polar surface area (TPSA) is 41.6 Å². The highest BCUT2D eigenvalue weighted by Crippen LogP contribution is 2.29. The van der Waals surface area contributed by atoms with E-state index < -0.39 is 0 Å². The molecule has 0 saturated carbocycles. The third-order valence-electron chi connectivity index (χ3n) is 3.81. The first-order chi connectivity index (χ1) is 9.09. The summed E-state index contributed by atoms with van der Waals surface area (Å²) in [5, 5.41) is 5.35. The van der Waals surface area contributed by atoms with Gasteiger partial charge in [-0.1, -0.05) is 0 Å². The lowest BCUT2D eigenvalue weighted by Gasteiger charge is -2.31. The molecule has 0 spiro atoms. The Kier molecular flexibility index (Phi) is 4.60. The lowest BCUT2D eigenvalue weighted by Crippen LogP contribution is -2.46. The van der Waals surface area contributed by atoms with Crippen LogP contribution in [0.2, 0.25) is 0 Å². The van der Waals surface area contributed by atoms with Crippen LogP contribution in [0, 0.1) is 12.3 Å². The summed E-state index contributed by atoms with van der Waals surface area (Å²) in [6.07, 6.45) is 0.855. The second kappa shape index (κ2) is 6.03. The second-order valence-electron chi connectivity index (χ2n) is 5.33. The fraction of sp³-hybridized carbons (Fsp3) is 0.643. The molecule has 1 aromatic heterocycles. The minimum absolute atomic E-state index is 0.187. The van der Waals surface area contributed by atoms with Gasteiger partial charge in [-0.2, -0.15) is 0 Å². The number of aryl methyl sites for hydroxylation is 1. The van der Waals surface area contributed by atoms with Gasteiger partial charge in [0.2, 0.25) is 5.91 Å². The molecule has 1 aliphatic rings. The molecule has 0 bridgehead atoms. The van der Waals surface area contributed by atoms with E-state index in [0.717, 1.165) is 13.0 Å². The predicted molar refractivity (Wildman–Crippen MR) is 77.3 cm³/mol. The third-order valence-corrected chi connectivity index (χ3v) is 4.82. The number of carbonyl (C=O) groups is 1. The van der Waals surface area contributed by atoms with Crippen molar-refractivity contribution in [2.45, 2.75) is 19.9 Å². The molecule has 1 amide bonds.